The van der Waals surface area contributed by atoms with Gasteiger partial charge in [0.15, 0.2) is 28.2 Å². The molecule has 2 aromatic carbocycles. The Morgan fingerprint density at radius 3 is 1.98 bits per heavy atom. The van der Waals surface area contributed by atoms with Crippen molar-refractivity contribution in [1.82, 2.24) is 9.29 Å². The Kier molecular flexibility index (Phi) is 8.11. The highest BCUT2D eigenvalue weighted by Crippen LogP contribution is 2.35. The van der Waals surface area contributed by atoms with Gasteiger partial charge in [-0.15, -0.1) is 0 Å². The Balaban J connectivity index is 1.44. The highest BCUT2D eigenvalue weighted by Gasteiger charge is 2.48. The second kappa shape index (κ2) is 11.4. The molecule has 2 heterocycles. The van der Waals surface area contributed by atoms with Crippen LogP contribution in [0.25, 0.3) is 0 Å². The number of carbonyl (C=O) groups excluding carboxylic acids is 1. The molecule has 1 saturated carbocycles. The van der Waals surface area contributed by atoms with E-state index in [0.29, 0.717) is 15.9 Å². The number of sulfonamides is 1. The lowest BCUT2D eigenvalue weighted by molar-refractivity contribution is -0.125. The molecule has 2 fully saturated rings. The molecular formula is C28H25F6N3O3S. The van der Waals surface area contributed by atoms with Gasteiger partial charge >= 0.3 is 0 Å². The minimum absolute atomic E-state index is 0.0841. The molecule has 1 aliphatic heterocycles. The summed E-state index contributed by atoms with van der Waals surface area (Å²) in [4.78, 5) is 17.3. The zero-order chi connectivity index (χ0) is 29.5. The molecule has 1 amide bonds. The predicted molar refractivity (Wildman–Crippen MR) is 136 cm³/mol. The van der Waals surface area contributed by atoms with E-state index in [1.165, 1.54) is 18.6 Å². The third-order valence-electron chi connectivity index (χ3n) is 7.64. The van der Waals surface area contributed by atoms with Crippen molar-refractivity contribution in [2.45, 2.75) is 61.9 Å². The molecule has 2 aliphatic rings. The van der Waals surface area contributed by atoms with Gasteiger partial charge in [-0.2, -0.15) is 4.31 Å². The van der Waals surface area contributed by atoms with Crippen LogP contribution < -0.4 is 4.90 Å². The highest BCUT2D eigenvalue weighted by molar-refractivity contribution is 7.89. The molecule has 13 heteroatoms. The number of carbonyl (C=O) groups is 1. The lowest BCUT2D eigenvalue weighted by Crippen LogP contribution is -2.59. The summed E-state index contributed by atoms with van der Waals surface area (Å²) in [6.07, 6.45) is 7.19. The summed E-state index contributed by atoms with van der Waals surface area (Å²) in [5, 5.41) is 0. The van der Waals surface area contributed by atoms with Crippen molar-refractivity contribution in [1.29, 1.82) is 0 Å². The van der Waals surface area contributed by atoms with E-state index < -0.39 is 68.3 Å². The lowest BCUT2D eigenvalue weighted by atomic mass is 9.85. The molecule has 0 spiro atoms. The summed E-state index contributed by atoms with van der Waals surface area (Å²) in [6, 6.07) is 6.92. The minimum Gasteiger partial charge on any atom is -0.305 e. The molecule has 6 nitrogen and oxygen atoms in total. The topological polar surface area (TPSA) is 70.6 Å². The Morgan fingerprint density at radius 2 is 1.44 bits per heavy atom. The Bertz CT molecular complexity index is 1530. The number of hydrogen-bond acceptors (Lipinski definition) is 4. The van der Waals surface area contributed by atoms with Gasteiger partial charge in [-0.1, -0.05) is 25.3 Å². The van der Waals surface area contributed by atoms with Crippen LogP contribution in [0.3, 0.4) is 0 Å². The van der Waals surface area contributed by atoms with Crippen molar-refractivity contribution >= 4 is 21.6 Å². The van der Waals surface area contributed by atoms with Crippen molar-refractivity contribution in [3.63, 3.8) is 0 Å². The Hall–Kier alpha value is -3.45. The second-order valence-electron chi connectivity index (χ2n) is 10.1. The molecule has 0 N–H and O–H groups in total. The fourth-order valence-electron chi connectivity index (χ4n) is 5.29. The van der Waals surface area contributed by atoms with Crippen LogP contribution in [0, 0.1) is 34.9 Å². The molecule has 1 unspecified atom stereocenters. The van der Waals surface area contributed by atoms with Crippen LogP contribution >= 0.6 is 0 Å². The van der Waals surface area contributed by atoms with Gasteiger partial charge in [-0.25, -0.2) is 34.8 Å². The van der Waals surface area contributed by atoms with Crippen LogP contribution in [0.15, 0.2) is 47.5 Å². The summed E-state index contributed by atoms with van der Waals surface area (Å²) in [5.41, 5.74) is 1.69. The van der Waals surface area contributed by atoms with E-state index in [0.717, 1.165) is 48.3 Å². The van der Waals surface area contributed by atoms with E-state index in [1.807, 2.05) is 6.07 Å². The lowest BCUT2D eigenvalue weighted by Gasteiger charge is -2.41. The van der Waals surface area contributed by atoms with Crippen LogP contribution in [0.2, 0.25) is 0 Å². The van der Waals surface area contributed by atoms with Crippen molar-refractivity contribution in [2.24, 2.45) is 0 Å². The first-order valence-electron chi connectivity index (χ1n) is 13.1. The molecular weight excluding hydrogens is 572 g/mol. The zero-order valence-corrected chi connectivity index (χ0v) is 22.4. The summed E-state index contributed by atoms with van der Waals surface area (Å²) in [5.74, 6) is -13.4. The highest BCUT2D eigenvalue weighted by atomic mass is 32.2. The number of rotatable bonds is 7. The second-order valence-corrected chi connectivity index (χ2v) is 12.0. The Labute approximate surface area is 232 Å². The van der Waals surface area contributed by atoms with Crippen molar-refractivity contribution in [2.75, 3.05) is 11.4 Å². The molecule has 0 radical (unpaired) electrons. The normalized spacial score (nSPS) is 18.2. The number of nitrogens with zero attached hydrogens (tertiary/aromatic N) is 3. The summed E-state index contributed by atoms with van der Waals surface area (Å²) >= 11 is 0. The van der Waals surface area contributed by atoms with Crippen LogP contribution in [0.5, 0.6) is 0 Å². The maximum Gasteiger partial charge on any atom is 0.249 e. The SMILES string of the molecule is O=C(C1CCN1S(=O)(=O)c1c(F)c(F)c(F)c(F)c1F)N(Cc1ccc(C2CCCCC2)cn1)c1ccc(F)cc1. The van der Waals surface area contributed by atoms with Gasteiger partial charge in [-0.05, 0) is 61.1 Å². The molecule has 1 saturated heterocycles. The van der Waals surface area contributed by atoms with Crippen molar-refractivity contribution < 1.29 is 39.6 Å². The maximum atomic E-state index is 14.4. The van der Waals surface area contributed by atoms with E-state index in [1.54, 1.807) is 12.3 Å². The molecule has 1 atom stereocenters. The summed E-state index contributed by atoms with van der Waals surface area (Å²) in [7, 11) is -5.32. The fourth-order valence-corrected chi connectivity index (χ4v) is 7.04. The number of benzene rings is 2. The molecule has 1 aromatic heterocycles. The van der Waals surface area contributed by atoms with Gasteiger partial charge in [0.25, 0.3) is 0 Å². The van der Waals surface area contributed by atoms with E-state index >= 15 is 0 Å². The first kappa shape index (κ1) is 29.1. The first-order chi connectivity index (χ1) is 19.5. The minimum atomic E-state index is -5.32. The molecule has 218 valence electrons. The third-order valence-corrected chi connectivity index (χ3v) is 9.57. The first-order valence-corrected chi connectivity index (χ1v) is 14.5. The van der Waals surface area contributed by atoms with Crippen LogP contribution in [-0.2, 0) is 21.4 Å². The smallest absolute Gasteiger partial charge is 0.249 e. The fraction of sp³-hybridized carbons (Fsp3) is 0.357. The van der Waals surface area contributed by atoms with E-state index in [-0.39, 0.29) is 18.7 Å². The quantitative estimate of drug-likeness (QED) is 0.192. The number of anilines is 1. The predicted octanol–water partition coefficient (Wildman–Crippen LogP) is 5.96. The molecule has 3 aromatic rings. The number of aromatic nitrogens is 1. The monoisotopic (exact) mass is 597 g/mol. The molecule has 0 bridgehead atoms. The average molecular weight is 598 g/mol. The van der Waals surface area contributed by atoms with Gasteiger partial charge in [-0.3, -0.25) is 9.78 Å². The standard InChI is InChI=1S/C28H25F6N3O3S/c29-18-7-10-20(11-8-18)36(15-19-9-6-17(14-35-19)16-4-2-1-3-5-16)28(38)21-12-13-37(21)41(39,40)27-25(33)23(31)22(30)24(32)26(27)34/h6-11,14,16,21H,1-5,12-13,15H2. The van der Waals surface area contributed by atoms with E-state index in [2.05, 4.69) is 4.98 Å². The van der Waals surface area contributed by atoms with Crippen molar-refractivity contribution in [3.8, 4) is 0 Å². The van der Waals surface area contributed by atoms with E-state index in [4.69, 9.17) is 0 Å². The van der Waals surface area contributed by atoms with Gasteiger partial charge in [0.05, 0.1) is 12.2 Å². The number of hydrogen-bond donors (Lipinski definition) is 0. The van der Waals surface area contributed by atoms with Crippen LogP contribution in [-0.4, -0.2) is 36.2 Å². The Morgan fingerprint density at radius 1 is 0.829 bits per heavy atom. The number of halogens is 6. The molecule has 5 rings (SSSR count). The third kappa shape index (κ3) is 5.44. The number of pyridine rings is 1. The van der Waals surface area contributed by atoms with Crippen molar-refractivity contribution in [3.05, 3.63) is 88.8 Å². The average Bonchev–Trinajstić information content (AvgIpc) is 2.94. The van der Waals surface area contributed by atoms with Gasteiger partial charge in [0.2, 0.25) is 21.7 Å². The van der Waals surface area contributed by atoms with Gasteiger partial charge in [0.1, 0.15) is 11.9 Å². The van der Waals surface area contributed by atoms with Gasteiger partial charge in [0, 0.05) is 18.4 Å². The molecule has 1 aliphatic carbocycles. The molecule has 41 heavy (non-hydrogen) atoms. The largest absolute Gasteiger partial charge is 0.305 e. The van der Waals surface area contributed by atoms with Gasteiger partial charge < -0.3 is 4.90 Å². The van der Waals surface area contributed by atoms with E-state index in [9.17, 15) is 39.6 Å². The van der Waals surface area contributed by atoms with Crippen LogP contribution in [0.1, 0.15) is 55.7 Å². The summed E-state index contributed by atoms with van der Waals surface area (Å²) < 4.78 is 110. The number of amides is 1. The maximum absolute atomic E-state index is 14.4. The van der Waals surface area contributed by atoms with Crippen LogP contribution in [0.4, 0.5) is 32.0 Å². The summed E-state index contributed by atoms with van der Waals surface area (Å²) in [6.45, 7) is -0.549. The zero-order valence-electron chi connectivity index (χ0n) is 21.6.